The van der Waals surface area contributed by atoms with E-state index < -0.39 is 6.10 Å². The summed E-state index contributed by atoms with van der Waals surface area (Å²) in [4.78, 5) is 10.7. The summed E-state index contributed by atoms with van der Waals surface area (Å²) in [5, 5.41) is 10.3. The molecule has 2 aromatic rings. The van der Waals surface area contributed by atoms with Gasteiger partial charge in [-0.25, -0.2) is 9.97 Å². The van der Waals surface area contributed by atoms with Crippen LogP contribution in [0.5, 0.6) is 0 Å². The summed E-state index contributed by atoms with van der Waals surface area (Å²) in [7, 11) is 0. The predicted molar refractivity (Wildman–Crippen MR) is 80.8 cm³/mol. The van der Waals surface area contributed by atoms with Gasteiger partial charge in [0, 0.05) is 18.4 Å². The average Bonchev–Trinajstić information content (AvgIpc) is 2.45. The van der Waals surface area contributed by atoms with E-state index >= 15 is 0 Å². The van der Waals surface area contributed by atoms with Crippen LogP contribution < -0.4 is 4.90 Å². The minimum atomic E-state index is -0.542. The molecule has 4 heteroatoms. The molecule has 0 bridgehead atoms. The van der Waals surface area contributed by atoms with Gasteiger partial charge in [0.15, 0.2) is 0 Å². The van der Waals surface area contributed by atoms with E-state index in [0.29, 0.717) is 12.5 Å². The van der Waals surface area contributed by atoms with Crippen LogP contribution in [0, 0.1) is 13.8 Å². The van der Waals surface area contributed by atoms with Crippen molar-refractivity contribution in [3.05, 3.63) is 53.3 Å². The first kappa shape index (κ1) is 14.5. The maximum Gasteiger partial charge on any atom is 0.225 e. The van der Waals surface area contributed by atoms with Gasteiger partial charge in [-0.3, -0.25) is 0 Å². The van der Waals surface area contributed by atoms with E-state index in [1.165, 1.54) is 5.56 Å². The molecule has 20 heavy (non-hydrogen) atoms. The van der Waals surface area contributed by atoms with Gasteiger partial charge in [-0.15, -0.1) is 0 Å². The van der Waals surface area contributed by atoms with Crippen molar-refractivity contribution >= 4 is 5.95 Å². The molecule has 1 atom stereocenters. The lowest BCUT2D eigenvalue weighted by molar-refractivity contribution is 0.183. The Morgan fingerprint density at radius 1 is 1.15 bits per heavy atom. The van der Waals surface area contributed by atoms with Crippen LogP contribution in [0.15, 0.2) is 36.5 Å². The molecule has 2 rings (SSSR count). The maximum absolute atomic E-state index is 10.3. The zero-order chi connectivity index (χ0) is 14.5. The number of anilines is 1. The Kier molecular flexibility index (Phi) is 4.69. The number of hydrogen-bond acceptors (Lipinski definition) is 4. The topological polar surface area (TPSA) is 49.2 Å². The van der Waals surface area contributed by atoms with E-state index in [0.717, 1.165) is 17.8 Å². The lowest BCUT2D eigenvalue weighted by atomic mass is 10.1. The number of aliphatic hydroxyl groups excluding tert-OH is 1. The summed E-state index contributed by atoms with van der Waals surface area (Å²) in [6.07, 6.45) is 1.21. The fraction of sp³-hybridized carbons (Fsp3) is 0.375. The molecule has 1 unspecified atom stereocenters. The summed E-state index contributed by atoms with van der Waals surface area (Å²) < 4.78 is 0. The van der Waals surface area contributed by atoms with Crippen molar-refractivity contribution in [3.63, 3.8) is 0 Å². The van der Waals surface area contributed by atoms with Crippen molar-refractivity contribution in [1.29, 1.82) is 0 Å². The first-order chi connectivity index (χ1) is 9.60. The molecule has 4 nitrogen and oxygen atoms in total. The van der Waals surface area contributed by atoms with Crippen molar-refractivity contribution < 1.29 is 5.11 Å². The molecule has 0 aliphatic rings. The normalized spacial score (nSPS) is 12.2. The van der Waals surface area contributed by atoms with E-state index in [1.807, 2.05) is 56.0 Å². The largest absolute Gasteiger partial charge is 0.387 e. The number of rotatable bonds is 5. The molecular formula is C16H21N3O. The molecule has 0 spiro atoms. The minimum Gasteiger partial charge on any atom is -0.387 e. The summed E-state index contributed by atoms with van der Waals surface area (Å²) in [6, 6.07) is 9.82. The van der Waals surface area contributed by atoms with Crippen LogP contribution in [0.4, 0.5) is 5.95 Å². The van der Waals surface area contributed by atoms with E-state index in [4.69, 9.17) is 0 Å². The van der Waals surface area contributed by atoms with Gasteiger partial charge in [0.25, 0.3) is 0 Å². The fourth-order valence-electron chi connectivity index (χ4n) is 2.04. The van der Waals surface area contributed by atoms with E-state index in [-0.39, 0.29) is 0 Å². The quantitative estimate of drug-likeness (QED) is 0.908. The molecule has 0 amide bonds. The molecule has 0 aliphatic heterocycles. The number of hydrogen-bond donors (Lipinski definition) is 1. The highest BCUT2D eigenvalue weighted by Gasteiger charge is 2.14. The smallest absolute Gasteiger partial charge is 0.225 e. The molecule has 106 valence electrons. The van der Waals surface area contributed by atoms with Gasteiger partial charge in [-0.2, -0.15) is 0 Å². The van der Waals surface area contributed by atoms with Crippen molar-refractivity contribution in [2.75, 3.05) is 18.0 Å². The molecule has 0 fully saturated rings. The molecule has 1 heterocycles. The van der Waals surface area contributed by atoms with Crippen LogP contribution >= 0.6 is 0 Å². The summed E-state index contributed by atoms with van der Waals surface area (Å²) in [6.45, 7) is 7.26. The second kappa shape index (κ2) is 6.48. The lowest BCUT2D eigenvalue weighted by Crippen LogP contribution is -2.30. The summed E-state index contributed by atoms with van der Waals surface area (Å²) >= 11 is 0. The third-order valence-corrected chi connectivity index (χ3v) is 3.30. The molecular weight excluding hydrogens is 250 g/mol. The van der Waals surface area contributed by atoms with Gasteiger partial charge in [0.1, 0.15) is 0 Å². The van der Waals surface area contributed by atoms with E-state index in [1.54, 1.807) is 6.20 Å². The molecule has 1 N–H and O–H groups in total. The number of aryl methyl sites for hydroxylation is 2. The zero-order valence-corrected chi connectivity index (χ0v) is 12.2. The zero-order valence-electron chi connectivity index (χ0n) is 12.2. The molecule has 0 aliphatic carbocycles. The van der Waals surface area contributed by atoms with Crippen LogP contribution in [0.1, 0.15) is 29.8 Å². The molecule has 0 saturated heterocycles. The van der Waals surface area contributed by atoms with Gasteiger partial charge in [0.2, 0.25) is 5.95 Å². The Balaban J connectivity index is 2.11. The highest BCUT2D eigenvalue weighted by atomic mass is 16.3. The van der Waals surface area contributed by atoms with Crippen molar-refractivity contribution in [3.8, 4) is 0 Å². The van der Waals surface area contributed by atoms with Crippen LogP contribution in [0.3, 0.4) is 0 Å². The third-order valence-electron chi connectivity index (χ3n) is 3.30. The molecule has 0 radical (unpaired) electrons. The van der Waals surface area contributed by atoms with E-state index in [9.17, 15) is 5.11 Å². The Hall–Kier alpha value is -1.94. The van der Waals surface area contributed by atoms with Gasteiger partial charge in [0.05, 0.1) is 12.6 Å². The Morgan fingerprint density at radius 2 is 1.85 bits per heavy atom. The van der Waals surface area contributed by atoms with Crippen LogP contribution in [0.25, 0.3) is 0 Å². The first-order valence-corrected chi connectivity index (χ1v) is 6.89. The molecule has 1 aromatic heterocycles. The Morgan fingerprint density at radius 3 is 2.45 bits per heavy atom. The third kappa shape index (κ3) is 3.54. The number of benzene rings is 1. The lowest BCUT2D eigenvalue weighted by Gasteiger charge is -2.24. The second-order valence-corrected chi connectivity index (χ2v) is 4.96. The highest BCUT2D eigenvalue weighted by molar-refractivity contribution is 5.32. The Labute approximate surface area is 120 Å². The molecule has 1 aromatic carbocycles. The summed E-state index contributed by atoms with van der Waals surface area (Å²) in [5.41, 5.74) is 3.04. The summed E-state index contributed by atoms with van der Waals surface area (Å²) in [5.74, 6) is 0.665. The van der Waals surface area contributed by atoms with Gasteiger partial charge >= 0.3 is 0 Å². The Bertz CT molecular complexity index is 554. The van der Waals surface area contributed by atoms with Crippen molar-refractivity contribution in [2.24, 2.45) is 0 Å². The number of aromatic nitrogens is 2. The second-order valence-electron chi connectivity index (χ2n) is 4.96. The first-order valence-electron chi connectivity index (χ1n) is 6.89. The fourth-order valence-corrected chi connectivity index (χ4v) is 2.04. The number of aliphatic hydroxyl groups is 1. The van der Waals surface area contributed by atoms with Gasteiger partial charge in [-0.05, 0) is 32.4 Å². The number of likely N-dealkylation sites (N-methyl/N-ethyl adjacent to an activating group) is 1. The predicted octanol–water partition coefficient (Wildman–Crippen LogP) is 2.65. The van der Waals surface area contributed by atoms with Crippen molar-refractivity contribution in [1.82, 2.24) is 9.97 Å². The number of nitrogens with zero attached hydrogens (tertiary/aromatic N) is 3. The highest BCUT2D eigenvalue weighted by Crippen LogP contribution is 2.17. The van der Waals surface area contributed by atoms with E-state index in [2.05, 4.69) is 9.97 Å². The van der Waals surface area contributed by atoms with Crippen LogP contribution in [-0.4, -0.2) is 28.2 Å². The van der Waals surface area contributed by atoms with Gasteiger partial charge in [-0.1, -0.05) is 29.8 Å². The SMILES string of the molecule is CCN(CC(O)c1ccc(C)cc1)c1nccc(C)n1. The standard InChI is InChI=1S/C16H21N3O/c1-4-19(16-17-10-9-13(3)18-16)11-15(20)14-7-5-12(2)6-8-14/h5-10,15,20H,4,11H2,1-3H3. The average molecular weight is 271 g/mol. The molecule has 0 saturated carbocycles. The van der Waals surface area contributed by atoms with Gasteiger partial charge < -0.3 is 10.0 Å². The monoisotopic (exact) mass is 271 g/mol. The van der Waals surface area contributed by atoms with Crippen LogP contribution in [0.2, 0.25) is 0 Å². The maximum atomic E-state index is 10.3. The van der Waals surface area contributed by atoms with Crippen LogP contribution in [-0.2, 0) is 0 Å². The minimum absolute atomic E-state index is 0.489. The van der Waals surface area contributed by atoms with Crippen molar-refractivity contribution in [2.45, 2.75) is 26.9 Å².